The summed E-state index contributed by atoms with van der Waals surface area (Å²) in [4.78, 5) is 39.0. The minimum atomic E-state index is -0.561. The van der Waals surface area contributed by atoms with Crippen molar-refractivity contribution in [1.29, 1.82) is 0 Å². The number of rotatable bonds is 3. The largest absolute Gasteiger partial charge is 0.465 e. The van der Waals surface area contributed by atoms with Crippen LogP contribution in [0.4, 0.5) is 5.00 Å². The molecule has 152 valence electrons. The standard InChI is InChI=1S/C22H17NO6S/c1-27-21(26)17-12-7-3-5-9-16(12)30-20(17)23-19(25)15-10-13-18(24)11-6-2-4-8-14(11)28-22(13)29-15/h2,4,6,8,10H,3,5,7,9H2,1H3,(H,23,25). The summed E-state index contributed by atoms with van der Waals surface area (Å²) in [5, 5.41) is 3.80. The Morgan fingerprint density at radius 2 is 1.90 bits per heavy atom. The molecule has 1 amide bonds. The molecule has 0 atom stereocenters. The molecule has 0 saturated carbocycles. The molecule has 0 aliphatic heterocycles. The lowest BCUT2D eigenvalue weighted by molar-refractivity contribution is 0.0601. The van der Waals surface area contributed by atoms with Crippen LogP contribution >= 0.6 is 11.3 Å². The number of benzene rings is 1. The number of aryl methyl sites for hydroxylation is 1. The van der Waals surface area contributed by atoms with E-state index in [1.54, 1.807) is 24.3 Å². The van der Waals surface area contributed by atoms with Gasteiger partial charge in [-0.3, -0.25) is 9.59 Å². The third-order valence-corrected chi connectivity index (χ3v) is 6.50. The van der Waals surface area contributed by atoms with Crippen molar-refractivity contribution >= 4 is 50.3 Å². The van der Waals surface area contributed by atoms with Gasteiger partial charge in [0.15, 0.2) is 5.76 Å². The first-order valence-electron chi connectivity index (χ1n) is 9.56. The van der Waals surface area contributed by atoms with Gasteiger partial charge in [-0.1, -0.05) is 12.1 Å². The Morgan fingerprint density at radius 1 is 1.10 bits per heavy atom. The van der Waals surface area contributed by atoms with Gasteiger partial charge in [0, 0.05) is 10.9 Å². The van der Waals surface area contributed by atoms with Crippen LogP contribution in [0.15, 0.2) is 44.0 Å². The number of hydrogen-bond acceptors (Lipinski definition) is 7. The van der Waals surface area contributed by atoms with E-state index in [2.05, 4.69) is 5.32 Å². The molecule has 0 fully saturated rings. The van der Waals surface area contributed by atoms with Crippen LogP contribution in [-0.2, 0) is 17.6 Å². The smallest absolute Gasteiger partial charge is 0.341 e. The Hall–Kier alpha value is -3.39. The lowest BCUT2D eigenvalue weighted by Crippen LogP contribution is -2.14. The molecular weight excluding hydrogens is 406 g/mol. The fourth-order valence-corrected chi connectivity index (χ4v) is 5.12. The number of para-hydroxylation sites is 1. The van der Waals surface area contributed by atoms with Gasteiger partial charge < -0.3 is 18.9 Å². The number of nitrogens with one attached hydrogen (secondary N) is 1. The van der Waals surface area contributed by atoms with E-state index in [0.29, 0.717) is 21.5 Å². The Morgan fingerprint density at radius 3 is 2.73 bits per heavy atom. The summed E-state index contributed by atoms with van der Waals surface area (Å²) in [6.07, 6.45) is 3.69. The molecule has 0 saturated heterocycles. The van der Waals surface area contributed by atoms with Crippen LogP contribution in [0.5, 0.6) is 0 Å². The predicted molar refractivity (Wildman–Crippen MR) is 113 cm³/mol. The number of ether oxygens (including phenoxy) is 1. The first-order valence-corrected chi connectivity index (χ1v) is 10.4. The number of thiophene rings is 1. The van der Waals surface area contributed by atoms with Crippen LogP contribution in [0.2, 0.25) is 0 Å². The molecule has 0 spiro atoms. The average molecular weight is 423 g/mol. The van der Waals surface area contributed by atoms with Crippen molar-refractivity contribution in [3.63, 3.8) is 0 Å². The molecule has 3 aromatic heterocycles. The number of carbonyl (C=O) groups is 2. The maximum absolute atomic E-state index is 12.9. The molecule has 1 aromatic carbocycles. The summed E-state index contributed by atoms with van der Waals surface area (Å²) in [6.45, 7) is 0. The van der Waals surface area contributed by atoms with Gasteiger partial charge in [-0.05, 0) is 43.4 Å². The highest BCUT2D eigenvalue weighted by Crippen LogP contribution is 2.39. The minimum Gasteiger partial charge on any atom is -0.465 e. The second-order valence-corrected chi connectivity index (χ2v) is 8.21. The maximum Gasteiger partial charge on any atom is 0.341 e. The highest BCUT2D eigenvalue weighted by Gasteiger charge is 2.28. The van der Waals surface area contributed by atoms with Gasteiger partial charge in [-0.2, -0.15) is 0 Å². The second kappa shape index (κ2) is 7.14. The van der Waals surface area contributed by atoms with E-state index in [4.69, 9.17) is 13.6 Å². The SMILES string of the molecule is COC(=O)c1c(NC(=O)c2cc3c(=O)c4ccccc4oc3o2)sc2c1CCCC2. The van der Waals surface area contributed by atoms with Crippen molar-refractivity contribution in [3.05, 3.63) is 62.3 Å². The monoisotopic (exact) mass is 423 g/mol. The lowest BCUT2D eigenvalue weighted by Gasteiger charge is -2.11. The molecule has 5 rings (SSSR count). The van der Waals surface area contributed by atoms with Crippen LogP contribution < -0.4 is 10.7 Å². The molecule has 3 heterocycles. The van der Waals surface area contributed by atoms with Crippen molar-refractivity contribution in [2.75, 3.05) is 12.4 Å². The third-order valence-electron chi connectivity index (χ3n) is 5.29. The van der Waals surface area contributed by atoms with Gasteiger partial charge in [-0.15, -0.1) is 11.3 Å². The van der Waals surface area contributed by atoms with Crippen LogP contribution in [0.1, 0.15) is 44.2 Å². The fourth-order valence-electron chi connectivity index (χ4n) is 3.85. The molecule has 1 aliphatic carbocycles. The molecule has 30 heavy (non-hydrogen) atoms. The van der Waals surface area contributed by atoms with E-state index in [-0.39, 0.29) is 22.4 Å². The molecule has 4 aromatic rings. The van der Waals surface area contributed by atoms with Crippen molar-refractivity contribution in [1.82, 2.24) is 0 Å². The van der Waals surface area contributed by atoms with Crippen molar-refractivity contribution in [2.45, 2.75) is 25.7 Å². The van der Waals surface area contributed by atoms with Crippen LogP contribution in [-0.4, -0.2) is 19.0 Å². The first kappa shape index (κ1) is 18.6. The van der Waals surface area contributed by atoms with Gasteiger partial charge >= 0.3 is 11.7 Å². The summed E-state index contributed by atoms with van der Waals surface area (Å²) in [5.41, 5.74) is 1.47. The van der Waals surface area contributed by atoms with Gasteiger partial charge in [0.2, 0.25) is 5.43 Å². The van der Waals surface area contributed by atoms with Gasteiger partial charge in [0.25, 0.3) is 5.91 Å². The number of esters is 1. The number of hydrogen-bond donors (Lipinski definition) is 1. The Kier molecular flexibility index (Phi) is 4.43. The second-order valence-electron chi connectivity index (χ2n) is 7.10. The number of carbonyl (C=O) groups excluding carboxylic acids is 2. The number of fused-ring (bicyclic) bond motifs is 3. The molecule has 0 radical (unpaired) electrons. The maximum atomic E-state index is 12.9. The Balaban J connectivity index is 1.54. The zero-order valence-electron chi connectivity index (χ0n) is 16.1. The van der Waals surface area contributed by atoms with Gasteiger partial charge in [0.05, 0.1) is 18.1 Å². The van der Waals surface area contributed by atoms with Gasteiger partial charge in [0.1, 0.15) is 16.0 Å². The van der Waals surface area contributed by atoms with Crippen molar-refractivity contribution < 1.29 is 23.2 Å². The molecule has 8 heteroatoms. The zero-order chi connectivity index (χ0) is 20.8. The van der Waals surface area contributed by atoms with Crippen LogP contribution in [0.3, 0.4) is 0 Å². The molecule has 0 bridgehead atoms. The third kappa shape index (κ3) is 2.91. The predicted octanol–water partition coefficient (Wildman–Crippen LogP) is 4.52. The average Bonchev–Trinajstić information content (AvgIpc) is 3.35. The summed E-state index contributed by atoms with van der Waals surface area (Å²) >= 11 is 1.38. The quantitative estimate of drug-likeness (QED) is 0.487. The summed E-state index contributed by atoms with van der Waals surface area (Å²) < 4.78 is 16.1. The topological polar surface area (TPSA) is 98.8 Å². The summed E-state index contributed by atoms with van der Waals surface area (Å²) in [6, 6.07) is 8.18. The molecule has 7 nitrogen and oxygen atoms in total. The molecule has 1 N–H and O–H groups in total. The van der Waals surface area contributed by atoms with E-state index in [1.807, 2.05) is 0 Å². The number of methoxy groups -OCH3 is 1. The normalized spacial score (nSPS) is 13.4. The summed E-state index contributed by atoms with van der Waals surface area (Å²) in [7, 11) is 1.32. The van der Waals surface area contributed by atoms with Crippen molar-refractivity contribution in [2.24, 2.45) is 0 Å². The fraction of sp³-hybridized carbons (Fsp3) is 0.227. The first-order chi connectivity index (χ1) is 14.6. The summed E-state index contributed by atoms with van der Waals surface area (Å²) in [5.74, 6) is -1.11. The van der Waals surface area contributed by atoms with Gasteiger partial charge in [-0.25, -0.2) is 4.79 Å². The molecule has 0 unspecified atom stereocenters. The lowest BCUT2D eigenvalue weighted by atomic mass is 9.95. The van der Waals surface area contributed by atoms with Crippen LogP contribution in [0.25, 0.3) is 22.1 Å². The number of furan rings is 1. The number of anilines is 1. The zero-order valence-corrected chi connectivity index (χ0v) is 16.9. The van der Waals surface area contributed by atoms with E-state index in [9.17, 15) is 14.4 Å². The highest BCUT2D eigenvalue weighted by molar-refractivity contribution is 7.17. The van der Waals surface area contributed by atoms with E-state index >= 15 is 0 Å². The van der Waals surface area contributed by atoms with E-state index in [1.165, 1.54) is 24.5 Å². The Labute approximate surface area is 174 Å². The Bertz CT molecular complexity index is 1380. The van der Waals surface area contributed by atoms with E-state index in [0.717, 1.165) is 36.1 Å². The van der Waals surface area contributed by atoms with E-state index < -0.39 is 11.9 Å². The minimum absolute atomic E-state index is 0.0116. The number of amides is 1. The molecule has 1 aliphatic rings. The molecular formula is C22H17NO6S. The highest BCUT2D eigenvalue weighted by atomic mass is 32.1. The van der Waals surface area contributed by atoms with Crippen LogP contribution in [0, 0.1) is 0 Å². The van der Waals surface area contributed by atoms with Crippen molar-refractivity contribution in [3.8, 4) is 0 Å².